The van der Waals surface area contributed by atoms with E-state index in [1.54, 1.807) is 6.07 Å². The molecule has 0 saturated carbocycles. The number of carboxylic acid groups (broad SMARTS) is 1. The molecule has 0 saturated heterocycles. The molecule has 1 rings (SSSR count). The van der Waals surface area contributed by atoms with E-state index in [1.165, 1.54) is 18.2 Å². The third-order valence-electron chi connectivity index (χ3n) is 2.72. The Morgan fingerprint density at radius 2 is 1.94 bits per heavy atom. The van der Waals surface area contributed by atoms with Crippen LogP contribution in [0.1, 0.15) is 37.7 Å². The van der Waals surface area contributed by atoms with Crippen molar-refractivity contribution in [1.29, 1.82) is 0 Å². The van der Waals surface area contributed by atoms with E-state index in [-0.39, 0.29) is 10.5 Å². The first-order valence-electron chi connectivity index (χ1n) is 5.67. The molecule has 0 heterocycles. The zero-order chi connectivity index (χ0) is 13.8. The van der Waals surface area contributed by atoms with Gasteiger partial charge in [0.15, 0.2) is 0 Å². The summed E-state index contributed by atoms with van der Waals surface area (Å²) in [5.74, 6) is -2.00. The number of carbonyl (C=O) groups is 1. The highest BCUT2D eigenvalue weighted by Crippen LogP contribution is 2.28. The van der Waals surface area contributed by atoms with Gasteiger partial charge in [-0.1, -0.05) is 38.0 Å². The fourth-order valence-corrected chi connectivity index (χ4v) is 2.58. The molecule has 0 fully saturated rings. The number of unbranched alkanes of at least 4 members (excludes halogenated alkanes) is 1. The number of benzene rings is 1. The first-order valence-corrected chi connectivity index (χ1v) is 7.11. The van der Waals surface area contributed by atoms with Crippen molar-refractivity contribution in [1.82, 2.24) is 0 Å². The van der Waals surface area contributed by atoms with E-state index < -0.39 is 22.0 Å². The molecule has 18 heavy (non-hydrogen) atoms. The van der Waals surface area contributed by atoms with Crippen molar-refractivity contribution in [2.24, 2.45) is 0 Å². The van der Waals surface area contributed by atoms with Gasteiger partial charge in [0.1, 0.15) is 0 Å². The van der Waals surface area contributed by atoms with Gasteiger partial charge in [-0.15, -0.1) is 0 Å². The minimum atomic E-state index is -4.40. The molecule has 0 aliphatic heterocycles. The van der Waals surface area contributed by atoms with Crippen LogP contribution in [0.3, 0.4) is 0 Å². The van der Waals surface area contributed by atoms with Crippen LogP contribution in [0, 0.1) is 0 Å². The lowest BCUT2D eigenvalue weighted by molar-refractivity contribution is -0.139. The topological polar surface area (TPSA) is 91.7 Å². The van der Waals surface area contributed by atoms with Crippen LogP contribution in [0.2, 0.25) is 0 Å². The van der Waals surface area contributed by atoms with Crippen molar-refractivity contribution in [2.75, 3.05) is 0 Å². The van der Waals surface area contributed by atoms with Gasteiger partial charge in [-0.25, -0.2) is 0 Å². The average molecular weight is 272 g/mol. The molecule has 0 radical (unpaired) electrons. The number of aliphatic carboxylic acids is 1. The molecule has 1 atom stereocenters. The van der Waals surface area contributed by atoms with Gasteiger partial charge in [0.05, 0.1) is 10.8 Å². The highest BCUT2D eigenvalue weighted by Gasteiger charge is 2.26. The molecule has 0 aliphatic carbocycles. The van der Waals surface area contributed by atoms with Crippen LogP contribution in [0.15, 0.2) is 29.2 Å². The summed E-state index contributed by atoms with van der Waals surface area (Å²) in [6.07, 6.45) is 1.84. The quantitative estimate of drug-likeness (QED) is 0.775. The number of carboxylic acids is 1. The maximum absolute atomic E-state index is 11.2. The van der Waals surface area contributed by atoms with Crippen LogP contribution in [0.5, 0.6) is 0 Å². The Hall–Kier alpha value is -1.40. The second kappa shape index (κ2) is 5.97. The summed E-state index contributed by atoms with van der Waals surface area (Å²) in [6, 6.07) is 5.65. The van der Waals surface area contributed by atoms with E-state index >= 15 is 0 Å². The fraction of sp³-hybridized carbons (Fsp3) is 0.417. The molecule has 1 aromatic rings. The highest BCUT2D eigenvalue weighted by atomic mass is 32.2. The van der Waals surface area contributed by atoms with E-state index in [0.717, 1.165) is 6.42 Å². The van der Waals surface area contributed by atoms with Gasteiger partial charge in [-0.3, -0.25) is 9.35 Å². The standard InChI is InChI=1S/C12H16O5S/c1-2-3-6-10(12(13)14)9-7-4-5-8-11(9)18(15,16)17/h4-5,7-8,10H,2-3,6H2,1H3,(H,13,14)(H,15,16,17). The fourth-order valence-electron chi connectivity index (χ4n) is 1.82. The molecular formula is C12H16O5S. The van der Waals surface area contributed by atoms with E-state index in [4.69, 9.17) is 9.66 Å². The van der Waals surface area contributed by atoms with Gasteiger partial charge in [0.25, 0.3) is 10.1 Å². The molecule has 0 aromatic heterocycles. The van der Waals surface area contributed by atoms with Crippen molar-refractivity contribution in [3.63, 3.8) is 0 Å². The largest absolute Gasteiger partial charge is 0.481 e. The normalized spacial score (nSPS) is 13.2. The SMILES string of the molecule is CCCCC(C(=O)O)c1ccccc1S(=O)(=O)O. The van der Waals surface area contributed by atoms with Crippen molar-refractivity contribution in [3.8, 4) is 0 Å². The minimum Gasteiger partial charge on any atom is -0.481 e. The van der Waals surface area contributed by atoms with Crippen LogP contribution < -0.4 is 0 Å². The van der Waals surface area contributed by atoms with Crippen molar-refractivity contribution >= 4 is 16.1 Å². The van der Waals surface area contributed by atoms with Gasteiger partial charge >= 0.3 is 5.97 Å². The number of rotatable bonds is 6. The summed E-state index contributed by atoms with van der Waals surface area (Å²) in [4.78, 5) is 10.9. The molecule has 1 unspecified atom stereocenters. The Labute approximate surface area is 106 Å². The Kier molecular flexibility index (Phi) is 4.86. The van der Waals surface area contributed by atoms with E-state index in [9.17, 15) is 13.2 Å². The molecule has 5 nitrogen and oxygen atoms in total. The van der Waals surface area contributed by atoms with Crippen LogP contribution >= 0.6 is 0 Å². The van der Waals surface area contributed by atoms with E-state index in [0.29, 0.717) is 12.8 Å². The van der Waals surface area contributed by atoms with Gasteiger partial charge < -0.3 is 5.11 Å². The average Bonchev–Trinajstić information content (AvgIpc) is 2.28. The van der Waals surface area contributed by atoms with Crippen LogP contribution in [-0.2, 0) is 14.9 Å². The third-order valence-corrected chi connectivity index (χ3v) is 3.64. The molecule has 0 spiro atoms. The first kappa shape index (κ1) is 14.7. The third kappa shape index (κ3) is 3.54. The van der Waals surface area contributed by atoms with Crippen LogP contribution in [0.4, 0.5) is 0 Å². The zero-order valence-corrected chi connectivity index (χ0v) is 10.9. The second-order valence-electron chi connectivity index (χ2n) is 4.05. The van der Waals surface area contributed by atoms with Gasteiger partial charge in [-0.05, 0) is 18.1 Å². The molecule has 0 amide bonds. The molecule has 2 N–H and O–H groups in total. The Morgan fingerprint density at radius 1 is 1.33 bits per heavy atom. The second-order valence-corrected chi connectivity index (χ2v) is 5.44. The predicted octanol–water partition coefficient (Wildman–Crippen LogP) is 2.29. The van der Waals surface area contributed by atoms with E-state index in [1.807, 2.05) is 6.92 Å². The summed E-state index contributed by atoms with van der Waals surface area (Å²) >= 11 is 0. The zero-order valence-electron chi connectivity index (χ0n) is 10.0. The summed E-state index contributed by atoms with van der Waals surface area (Å²) in [5, 5.41) is 9.17. The lowest BCUT2D eigenvalue weighted by atomic mass is 9.94. The highest BCUT2D eigenvalue weighted by molar-refractivity contribution is 7.85. The van der Waals surface area contributed by atoms with Crippen LogP contribution in [-0.4, -0.2) is 24.0 Å². The van der Waals surface area contributed by atoms with Crippen molar-refractivity contribution < 1.29 is 22.9 Å². The summed E-state index contributed by atoms with van der Waals surface area (Å²) in [6.45, 7) is 1.92. The first-order chi connectivity index (χ1) is 8.38. The molecule has 0 aliphatic rings. The van der Waals surface area contributed by atoms with Crippen LogP contribution in [0.25, 0.3) is 0 Å². The smallest absolute Gasteiger partial charge is 0.311 e. The van der Waals surface area contributed by atoms with Gasteiger partial charge in [0.2, 0.25) is 0 Å². The molecule has 6 heteroatoms. The maximum Gasteiger partial charge on any atom is 0.311 e. The molecule has 100 valence electrons. The summed E-state index contributed by atoms with van der Waals surface area (Å²) < 4.78 is 31.5. The molecule has 0 bridgehead atoms. The Bertz CT molecular complexity index is 521. The molecular weight excluding hydrogens is 256 g/mol. The number of hydrogen-bond acceptors (Lipinski definition) is 3. The van der Waals surface area contributed by atoms with Crippen molar-refractivity contribution in [2.45, 2.75) is 37.0 Å². The minimum absolute atomic E-state index is 0.140. The number of hydrogen-bond donors (Lipinski definition) is 2. The lowest BCUT2D eigenvalue weighted by Crippen LogP contribution is -2.15. The van der Waals surface area contributed by atoms with Gasteiger partial charge in [0, 0.05) is 0 Å². The summed E-state index contributed by atoms with van der Waals surface area (Å²) in [5.41, 5.74) is 0.140. The summed E-state index contributed by atoms with van der Waals surface area (Å²) in [7, 11) is -4.40. The maximum atomic E-state index is 11.2. The van der Waals surface area contributed by atoms with Gasteiger partial charge in [-0.2, -0.15) is 8.42 Å². The monoisotopic (exact) mass is 272 g/mol. The Balaban J connectivity index is 3.24. The predicted molar refractivity (Wildman–Crippen MR) is 66.2 cm³/mol. The van der Waals surface area contributed by atoms with Crippen molar-refractivity contribution in [3.05, 3.63) is 29.8 Å². The lowest BCUT2D eigenvalue weighted by Gasteiger charge is -2.15. The molecule has 1 aromatic carbocycles. The van der Waals surface area contributed by atoms with E-state index in [2.05, 4.69) is 0 Å². The Morgan fingerprint density at radius 3 is 2.44 bits per heavy atom.